The Balaban J connectivity index is 0.000000223. The first-order valence-corrected chi connectivity index (χ1v) is 13.3. The van der Waals surface area contributed by atoms with Gasteiger partial charge in [0, 0.05) is 11.1 Å². The fraction of sp³-hybridized carbons (Fsp3) is 0.0645. The van der Waals surface area contributed by atoms with Crippen molar-refractivity contribution in [1.82, 2.24) is 0 Å². The maximum Gasteiger partial charge on any atom is 0.0873 e. The molecule has 0 amide bonds. The lowest BCUT2D eigenvalue weighted by atomic mass is 10.1. The summed E-state index contributed by atoms with van der Waals surface area (Å²) in [6.45, 7) is 0. The summed E-state index contributed by atoms with van der Waals surface area (Å²) in [4.78, 5) is 0. The van der Waals surface area contributed by atoms with Gasteiger partial charge in [-0.15, -0.1) is 28.7 Å². The predicted octanol–water partition coefficient (Wildman–Crippen LogP) is 10.1. The first-order valence-electron chi connectivity index (χ1n) is 11.2. The van der Waals surface area contributed by atoms with Crippen LogP contribution in [0, 0.1) is 5.41 Å². The molecule has 176 valence electrons. The lowest BCUT2D eigenvalue weighted by Crippen LogP contribution is -1.87. The van der Waals surface area contributed by atoms with Gasteiger partial charge in [-0.2, -0.15) is 0 Å². The van der Waals surface area contributed by atoms with Crippen molar-refractivity contribution in [3.63, 3.8) is 0 Å². The summed E-state index contributed by atoms with van der Waals surface area (Å²) in [6.07, 6.45) is 3.84. The molecular formula is C31H27Br2NS. The van der Waals surface area contributed by atoms with Crippen LogP contribution in [0.5, 0.6) is 0 Å². The van der Waals surface area contributed by atoms with Crippen molar-refractivity contribution in [1.29, 1.82) is 5.41 Å². The Bertz CT molecular complexity index is 1410. The van der Waals surface area contributed by atoms with E-state index < -0.39 is 0 Å². The number of nitrogens with one attached hydrogen (secondary N) is 1. The SMILES string of the molecule is Br.BrCc1ccc2ccccc2c1.N=C(C=Cc1ccccc1)SCc1ccc2ccccc2c1. The standard InChI is InChI=1S/C20H17NS.C11H9Br.BrH/c21-20(13-11-16-6-2-1-3-7-16)22-15-17-10-12-18-8-4-5-9-19(18)14-17;12-8-9-5-6-10-3-1-2-4-11(10)7-9;/h1-14,21H,15H2;1-7H,8H2;1H. The van der Waals surface area contributed by atoms with Crippen LogP contribution in [-0.2, 0) is 11.1 Å². The number of thioether (sulfide) groups is 1. The Hall–Kier alpha value is -2.66. The molecule has 0 aromatic heterocycles. The number of rotatable bonds is 5. The molecule has 0 radical (unpaired) electrons. The third-order valence-electron chi connectivity index (χ3n) is 5.40. The highest BCUT2D eigenvalue weighted by Crippen LogP contribution is 2.20. The summed E-state index contributed by atoms with van der Waals surface area (Å²) in [7, 11) is 0. The van der Waals surface area contributed by atoms with Gasteiger partial charge in [0.2, 0.25) is 0 Å². The van der Waals surface area contributed by atoms with Crippen molar-refractivity contribution in [3.8, 4) is 0 Å². The van der Waals surface area contributed by atoms with Crippen molar-refractivity contribution in [2.45, 2.75) is 11.1 Å². The Labute approximate surface area is 230 Å². The van der Waals surface area contributed by atoms with Gasteiger partial charge in [0.1, 0.15) is 0 Å². The topological polar surface area (TPSA) is 23.9 Å². The van der Waals surface area contributed by atoms with E-state index in [-0.39, 0.29) is 17.0 Å². The van der Waals surface area contributed by atoms with Gasteiger partial charge in [-0.3, -0.25) is 5.41 Å². The number of halogens is 2. The predicted molar refractivity (Wildman–Crippen MR) is 165 cm³/mol. The molecule has 5 aromatic rings. The maximum atomic E-state index is 8.03. The van der Waals surface area contributed by atoms with Crippen LogP contribution < -0.4 is 0 Å². The highest BCUT2D eigenvalue weighted by atomic mass is 79.9. The molecule has 0 atom stereocenters. The van der Waals surface area contributed by atoms with E-state index in [1.165, 1.54) is 32.7 Å². The molecule has 1 N–H and O–H groups in total. The minimum absolute atomic E-state index is 0. The van der Waals surface area contributed by atoms with Gasteiger partial charge >= 0.3 is 0 Å². The fourth-order valence-corrected chi connectivity index (χ4v) is 4.61. The normalized spacial score (nSPS) is 10.5. The highest BCUT2D eigenvalue weighted by Gasteiger charge is 1.99. The molecule has 0 bridgehead atoms. The summed E-state index contributed by atoms with van der Waals surface area (Å²) in [5.41, 5.74) is 3.70. The van der Waals surface area contributed by atoms with E-state index in [0.717, 1.165) is 16.6 Å². The van der Waals surface area contributed by atoms with Crippen LogP contribution in [0.25, 0.3) is 27.6 Å². The van der Waals surface area contributed by atoms with Crippen LogP contribution in [-0.4, -0.2) is 5.04 Å². The summed E-state index contributed by atoms with van der Waals surface area (Å²) < 4.78 is 0. The lowest BCUT2D eigenvalue weighted by Gasteiger charge is -2.03. The first kappa shape index (κ1) is 26.9. The molecule has 0 aliphatic rings. The lowest BCUT2D eigenvalue weighted by molar-refractivity contribution is 1.44. The van der Waals surface area contributed by atoms with E-state index in [2.05, 4.69) is 101 Å². The quantitative estimate of drug-likeness (QED) is 0.120. The van der Waals surface area contributed by atoms with Crippen molar-refractivity contribution < 1.29 is 0 Å². The molecule has 0 spiro atoms. The van der Waals surface area contributed by atoms with E-state index in [1.807, 2.05) is 42.5 Å². The maximum absolute atomic E-state index is 8.03. The Morgan fingerprint density at radius 1 is 0.657 bits per heavy atom. The minimum atomic E-state index is 0. The van der Waals surface area contributed by atoms with Gasteiger partial charge in [0.15, 0.2) is 0 Å². The van der Waals surface area contributed by atoms with E-state index in [1.54, 1.807) is 11.8 Å². The summed E-state index contributed by atoms with van der Waals surface area (Å²) in [5, 5.41) is 14.7. The Morgan fingerprint density at radius 3 is 1.77 bits per heavy atom. The molecule has 4 heteroatoms. The van der Waals surface area contributed by atoms with Crippen LogP contribution in [0.2, 0.25) is 0 Å². The molecule has 0 heterocycles. The fourth-order valence-electron chi connectivity index (χ4n) is 3.60. The van der Waals surface area contributed by atoms with Crippen LogP contribution >= 0.6 is 44.7 Å². The third-order valence-corrected chi connectivity index (χ3v) is 6.98. The van der Waals surface area contributed by atoms with Crippen molar-refractivity contribution in [3.05, 3.63) is 138 Å². The zero-order valence-electron chi connectivity index (χ0n) is 19.2. The van der Waals surface area contributed by atoms with Crippen molar-refractivity contribution >= 4 is 77.3 Å². The van der Waals surface area contributed by atoms with Gasteiger partial charge < -0.3 is 0 Å². The van der Waals surface area contributed by atoms with E-state index in [4.69, 9.17) is 5.41 Å². The molecule has 0 saturated carbocycles. The van der Waals surface area contributed by atoms with Gasteiger partial charge in [-0.1, -0.05) is 137 Å². The molecule has 0 fully saturated rings. The minimum Gasteiger partial charge on any atom is -0.294 e. The van der Waals surface area contributed by atoms with E-state index in [9.17, 15) is 0 Å². The number of alkyl halides is 1. The molecule has 5 rings (SSSR count). The monoisotopic (exact) mass is 603 g/mol. The molecule has 0 aliphatic carbocycles. The molecular weight excluding hydrogens is 578 g/mol. The molecule has 0 unspecified atom stereocenters. The number of hydrogen-bond acceptors (Lipinski definition) is 2. The first-order chi connectivity index (χ1) is 16.7. The molecule has 0 aliphatic heterocycles. The van der Waals surface area contributed by atoms with Crippen LogP contribution in [0.4, 0.5) is 0 Å². The second-order valence-corrected chi connectivity index (χ2v) is 9.47. The highest BCUT2D eigenvalue weighted by molar-refractivity contribution is 9.08. The molecule has 5 aromatic carbocycles. The average molecular weight is 605 g/mol. The van der Waals surface area contributed by atoms with Crippen LogP contribution in [0.3, 0.4) is 0 Å². The van der Waals surface area contributed by atoms with Crippen molar-refractivity contribution in [2.75, 3.05) is 0 Å². The zero-order valence-corrected chi connectivity index (χ0v) is 23.3. The molecule has 0 saturated heterocycles. The summed E-state index contributed by atoms with van der Waals surface area (Å²) >= 11 is 5.00. The van der Waals surface area contributed by atoms with E-state index >= 15 is 0 Å². The van der Waals surface area contributed by atoms with Gasteiger partial charge in [-0.05, 0) is 44.3 Å². The number of benzene rings is 5. The number of fused-ring (bicyclic) bond motifs is 2. The Morgan fingerprint density at radius 2 is 1.17 bits per heavy atom. The number of hydrogen-bond donors (Lipinski definition) is 1. The smallest absolute Gasteiger partial charge is 0.0873 e. The zero-order chi connectivity index (χ0) is 23.6. The van der Waals surface area contributed by atoms with Gasteiger partial charge in [0.05, 0.1) is 5.04 Å². The van der Waals surface area contributed by atoms with E-state index in [0.29, 0.717) is 5.04 Å². The van der Waals surface area contributed by atoms with Crippen molar-refractivity contribution in [2.24, 2.45) is 0 Å². The van der Waals surface area contributed by atoms with Crippen LogP contribution in [0.1, 0.15) is 16.7 Å². The largest absolute Gasteiger partial charge is 0.294 e. The Kier molecular flexibility index (Phi) is 10.8. The average Bonchev–Trinajstić information content (AvgIpc) is 2.91. The van der Waals surface area contributed by atoms with Gasteiger partial charge in [0.25, 0.3) is 0 Å². The second-order valence-electron chi connectivity index (χ2n) is 7.89. The third kappa shape index (κ3) is 8.21. The molecule has 35 heavy (non-hydrogen) atoms. The van der Waals surface area contributed by atoms with Crippen LogP contribution in [0.15, 0.2) is 121 Å². The second kappa shape index (κ2) is 14.0. The summed E-state index contributed by atoms with van der Waals surface area (Å²) in [6, 6.07) is 39.9. The summed E-state index contributed by atoms with van der Waals surface area (Å²) in [5.74, 6) is 0.822. The van der Waals surface area contributed by atoms with Gasteiger partial charge in [-0.25, -0.2) is 0 Å². The molecule has 1 nitrogen and oxygen atoms in total.